The van der Waals surface area contributed by atoms with Crippen molar-refractivity contribution >= 4 is 12.0 Å². The number of likely N-dealkylation sites (tertiary alicyclic amines) is 1. The topological polar surface area (TPSA) is 96.2 Å². The highest BCUT2D eigenvalue weighted by Gasteiger charge is 2.80. The molecule has 4 aliphatic rings. The lowest BCUT2D eigenvalue weighted by atomic mass is 9.46. The van der Waals surface area contributed by atoms with Crippen LogP contribution >= 0.6 is 0 Å². The number of nitro groups is 1. The molecule has 0 unspecified atom stereocenters. The van der Waals surface area contributed by atoms with E-state index in [0.717, 1.165) is 35.2 Å². The van der Waals surface area contributed by atoms with Gasteiger partial charge in [-0.25, -0.2) is 0 Å². The van der Waals surface area contributed by atoms with E-state index in [1.807, 2.05) is 61.5 Å². The van der Waals surface area contributed by atoms with Gasteiger partial charge in [0, 0.05) is 36.6 Å². The second kappa shape index (κ2) is 10.2. The fourth-order valence-corrected chi connectivity index (χ4v) is 8.78. The molecule has 0 aromatic heterocycles. The normalized spacial score (nSPS) is 28.7. The predicted octanol–water partition coefficient (Wildman–Crippen LogP) is 4.92. The first-order valence-corrected chi connectivity index (χ1v) is 15.2. The van der Waals surface area contributed by atoms with Crippen molar-refractivity contribution < 1.29 is 19.6 Å². The maximum atomic E-state index is 13.5. The molecule has 2 aliphatic heterocycles. The smallest absolute Gasteiger partial charge is 0.251 e. The number of piperidine rings is 1. The highest BCUT2D eigenvalue weighted by Crippen LogP contribution is 2.66. The van der Waals surface area contributed by atoms with Gasteiger partial charge in [-0.05, 0) is 68.0 Å². The number of carbonyl (C=O) groups is 1. The van der Waals surface area contributed by atoms with E-state index in [1.165, 1.54) is 5.56 Å². The molecule has 7 rings (SSSR count). The predicted molar refractivity (Wildman–Crippen MR) is 164 cm³/mol. The molecular formula is C35H37N3O5. The zero-order chi connectivity index (χ0) is 29.9. The van der Waals surface area contributed by atoms with Gasteiger partial charge in [0.25, 0.3) is 5.54 Å². The van der Waals surface area contributed by atoms with Gasteiger partial charge in [-0.15, -0.1) is 0 Å². The van der Waals surface area contributed by atoms with E-state index >= 15 is 0 Å². The second-order valence-electron chi connectivity index (χ2n) is 12.7. The van der Waals surface area contributed by atoms with Crippen molar-refractivity contribution in [1.29, 1.82) is 0 Å². The number of phenolic OH excluding ortho intramolecular Hbond substituents is 1. The van der Waals surface area contributed by atoms with Crippen LogP contribution in [-0.2, 0) is 23.1 Å². The van der Waals surface area contributed by atoms with E-state index in [-0.39, 0.29) is 28.7 Å². The van der Waals surface area contributed by atoms with Crippen LogP contribution < -0.4 is 4.74 Å². The number of amides is 1. The quantitative estimate of drug-likeness (QED) is 0.243. The Morgan fingerprint density at radius 3 is 2.74 bits per heavy atom. The van der Waals surface area contributed by atoms with Gasteiger partial charge >= 0.3 is 0 Å². The molecule has 1 spiro atoms. The monoisotopic (exact) mass is 579 g/mol. The van der Waals surface area contributed by atoms with Gasteiger partial charge < -0.3 is 14.7 Å². The molecular weight excluding hydrogens is 542 g/mol. The molecule has 1 saturated heterocycles. The number of nitrogens with zero attached hydrogens (tertiary/aromatic N) is 3. The Morgan fingerprint density at radius 2 is 1.98 bits per heavy atom. The number of carbonyl (C=O) groups excluding carboxylic acids is 1. The molecule has 3 aromatic carbocycles. The molecule has 5 atom stereocenters. The van der Waals surface area contributed by atoms with Crippen LogP contribution in [0.5, 0.6) is 11.5 Å². The summed E-state index contributed by atoms with van der Waals surface area (Å²) in [6.45, 7) is 3.44. The number of benzene rings is 3. The van der Waals surface area contributed by atoms with Crippen molar-refractivity contribution in [3.8, 4) is 11.5 Å². The Morgan fingerprint density at radius 1 is 1.16 bits per heavy atom. The van der Waals surface area contributed by atoms with Crippen molar-refractivity contribution in [1.82, 2.24) is 9.80 Å². The zero-order valence-corrected chi connectivity index (χ0v) is 24.6. The van der Waals surface area contributed by atoms with Crippen molar-refractivity contribution in [2.75, 3.05) is 20.1 Å². The van der Waals surface area contributed by atoms with Crippen molar-refractivity contribution in [2.45, 2.75) is 68.2 Å². The van der Waals surface area contributed by atoms with Crippen LogP contribution in [0.2, 0.25) is 0 Å². The van der Waals surface area contributed by atoms with Gasteiger partial charge in [-0.1, -0.05) is 66.2 Å². The summed E-state index contributed by atoms with van der Waals surface area (Å²) in [7, 11) is 1.77. The Bertz CT molecular complexity index is 1620. The van der Waals surface area contributed by atoms with E-state index < -0.39 is 17.1 Å². The van der Waals surface area contributed by atoms with E-state index in [2.05, 4.69) is 17.0 Å². The largest absolute Gasteiger partial charge is 0.504 e. The fourth-order valence-electron chi connectivity index (χ4n) is 8.78. The SMILES string of the molecule is Cc1cccc(C=CC(=O)N(C)[C@H]2CC[C@@]3([N+](=O)[O-])[C@H]4Cc5ccc(O)c6c5[C@@]3(CCN4CCc3ccccc3)[C@H]2O6)c1. The van der Waals surface area contributed by atoms with E-state index in [9.17, 15) is 20.0 Å². The van der Waals surface area contributed by atoms with Crippen LogP contribution in [0.1, 0.15) is 47.1 Å². The summed E-state index contributed by atoms with van der Waals surface area (Å²) in [5.74, 6) is 0.206. The summed E-state index contributed by atoms with van der Waals surface area (Å²) >= 11 is 0. The molecule has 8 heteroatoms. The maximum absolute atomic E-state index is 13.5. The number of hydrogen-bond acceptors (Lipinski definition) is 6. The lowest BCUT2D eigenvalue weighted by molar-refractivity contribution is -0.606. The molecule has 222 valence electrons. The number of likely N-dealkylation sites (N-methyl/N-ethyl adjacent to an activating group) is 1. The molecule has 1 N–H and O–H groups in total. The fraction of sp³-hybridized carbons (Fsp3) is 0.400. The summed E-state index contributed by atoms with van der Waals surface area (Å²) in [6.07, 6.45) is 5.42. The van der Waals surface area contributed by atoms with Crippen LogP contribution in [0, 0.1) is 17.0 Å². The number of aryl methyl sites for hydroxylation is 1. The van der Waals surface area contributed by atoms with E-state index in [4.69, 9.17) is 4.74 Å². The number of rotatable bonds is 7. The average Bonchev–Trinajstić information content (AvgIpc) is 3.36. The summed E-state index contributed by atoms with van der Waals surface area (Å²) < 4.78 is 6.62. The van der Waals surface area contributed by atoms with Gasteiger partial charge in [0.2, 0.25) is 5.91 Å². The first-order valence-electron chi connectivity index (χ1n) is 15.2. The Balaban J connectivity index is 1.26. The van der Waals surface area contributed by atoms with Gasteiger partial charge in [0.15, 0.2) is 11.5 Å². The van der Waals surface area contributed by atoms with E-state index in [1.54, 1.807) is 24.1 Å². The first-order chi connectivity index (χ1) is 20.8. The van der Waals surface area contributed by atoms with Gasteiger partial charge in [-0.2, -0.15) is 0 Å². The molecule has 2 aliphatic carbocycles. The van der Waals surface area contributed by atoms with Crippen molar-refractivity contribution in [3.05, 3.63) is 111 Å². The van der Waals surface area contributed by atoms with Crippen LogP contribution in [-0.4, -0.2) is 69.6 Å². The van der Waals surface area contributed by atoms with Gasteiger partial charge in [0.05, 0.1) is 12.1 Å². The summed E-state index contributed by atoms with van der Waals surface area (Å²) in [4.78, 5) is 31.0. The molecule has 2 fully saturated rings. The number of ether oxygens (including phenoxy) is 1. The molecule has 8 nitrogen and oxygen atoms in total. The molecule has 1 saturated carbocycles. The Hall–Kier alpha value is -4.17. The average molecular weight is 580 g/mol. The third-order valence-corrected chi connectivity index (χ3v) is 10.7. The van der Waals surface area contributed by atoms with Gasteiger partial charge in [0.1, 0.15) is 11.5 Å². The number of phenols is 1. The Kier molecular flexibility index (Phi) is 6.58. The first kappa shape index (κ1) is 27.7. The van der Waals surface area contributed by atoms with Gasteiger partial charge in [-0.3, -0.25) is 19.8 Å². The van der Waals surface area contributed by atoms with E-state index in [0.29, 0.717) is 38.0 Å². The highest BCUT2D eigenvalue weighted by molar-refractivity contribution is 5.92. The van der Waals surface area contributed by atoms with Crippen molar-refractivity contribution in [2.24, 2.45) is 0 Å². The van der Waals surface area contributed by atoms with Crippen LogP contribution in [0.25, 0.3) is 6.08 Å². The summed E-state index contributed by atoms with van der Waals surface area (Å²) in [6, 6.07) is 21.1. The lowest BCUT2D eigenvalue weighted by Crippen LogP contribution is -2.80. The number of hydrogen-bond donors (Lipinski definition) is 1. The van der Waals surface area contributed by atoms with Crippen LogP contribution in [0.4, 0.5) is 0 Å². The lowest BCUT2D eigenvalue weighted by Gasteiger charge is -2.61. The number of aromatic hydroxyl groups is 1. The molecule has 0 radical (unpaired) electrons. The summed E-state index contributed by atoms with van der Waals surface area (Å²) in [5.41, 5.74) is 2.85. The van der Waals surface area contributed by atoms with Crippen LogP contribution in [0.3, 0.4) is 0 Å². The zero-order valence-electron chi connectivity index (χ0n) is 24.6. The van der Waals surface area contributed by atoms with Crippen LogP contribution in [0.15, 0.2) is 72.8 Å². The molecule has 2 bridgehead atoms. The highest BCUT2D eigenvalue weighted by atomic mass is 16.6. The molecule has 43 heavy (non-hydrogen) atoms. The molecule has 3 aromatic rings. The maximum Gasteiger partial charge on any atom is 0.251 e. The molecule has 2 heterocycles. The minimum Gasteiger partial charge on any atom is -0.504 e. The molecule has 1 amide bonds. The summed E-state index contributed by atoms with van der Waals surface area (Å²) in [5, 5.41) is 24.4. The minimum absolute atomic E-state index is 0.0109. The second-order valence-corrected chi connectivity index (χ2v) is 12.7. The third kappa shape index (κ3) is 4.03. The van der Waals surface area contributed by atoms with Crippen molar-refractivity contribution in [3.63, 3.8) is 0 Å². The standard InChI is InChI=1S/C35H37N3O5/c1-23-7-6-10-25(21-23)11-14-30(40)36(2)27-15-17-35(38(41)42)29-22-26-12-13-28(39)32-31(26)34(35,33(27)43-32)18-20-37(29)19-16-24-8-4-3-5-9-24/h3-14,21,27,29,33,39H,15-20,22H2,1-2H3/t27-,29+,33-,34-,35+/m0/s1. The Labute approximate surface area is 251 Å². The third-order valence-electron chi connectivity index (χ3n) is 10.7. The minimum atomic E-state index is -1.28.